The van der Waals surface area contributed by atoms with Crippen molar-refractivity contribution >= 4 is 43.6 Å². The maximum atomic E-state index is 4.77. The summed E-state index contributed by atoms with van der Waals surface area (Å²) >= 11 is 0. The number of hydrogen-bond donors (Lipinski definition) is 0. The Bertz CT molecular complexity index is 1780. The zero-order valence-electron chi connectivity index (χ0n) is 24.6. The molecule has 0 bridgehead atoms. The Morgan fingerprint density at radius 2 is 0.692 bits per heavy atom. The van der Waals surface area contributed by atoms with E-state index in [1.807, 2.05) is 12.4 Å². The maximum Gasteiger partial charge on any atom is 1.00 e. The van der Waals surface area contributed by atoms with Crippen LogP contribution in [-0.4, -0.2) is 19.9 Å². The van der Waals surface area contributed by atoms with E-state index in [9.17, 15) is 0 Å². The van der Waals surface area contributed by atoms with Gasteiger partial charge in [0.25, 0.3) is 0 Å². The summed E-state index contributed by atoms with van der Waals surface area (Å²) in [5.41, 5.74) is 16.5. The van der Waals surface area contributed by atoms with Crippen molar-refractivity contribution in [2.75, 3.05) is 0 Å². The van der Waals surface area contributed by atoms with Crippen LogP contribution in [0.15, 0.2) is 36.7 Å². The minimum atomic E-state index is 0. The minimum absolute atomic E-state index is 0. The number of hydrogen-bond acceptors (Lipinski definition) is 4. The second-order valence-corrected chi connectivity index (χ2v) is 10.7. The van der Waals surface area contributed by atoms with Crippen molar-refractivity contribution < 1.29 is 17.1 Å². The van der Waals surface area contributed by atoms with Gasteiger partial charge in [-0.2, -0.15) is 0 Å². The summed E-state index contributed by atoms with van der Waals surface area (Å²) in [5.74, 6) is 0. The van der Waals surface area contributed by atoms with Crippen molar-refractivity contribution in [3.63, 3.8) is 0 Å². The molecule has 4 aromatic heterocycles. The summed E-state index contributed by atoms with van der Waals surface area (Å²) in [6, 6.07) is 8.72. The third kappa shape index (κ3) is 4.68. The number of nitrogens with zero attached hydrogens (tertiary/aromatic N) is 4. The number of rotatable bonds is 0. The van der Waals surface area contributed by atoms with Gasteiger partial charge in [0.2, 0.25) is 0 Å². The Kier molecular flexibility index (Phi) is 7.80. The quantitative estimate of drug-likeness (QED) is 0.137. The van der Waals surface area contributed by atoms with E-state index in [1.54, 1.807) is 0 Å². The third-order valence-electron chi connectivity index (χ3n) is 8.65. The largest absolute Gasteiger partial charge is 1.00 e. The number of fused-ring (bicyclic) bond motifs is 6. The Balaban J connectivity index is 0.000000176. The van der Waals surface area contributed by atoms with E-state index < -0.39 is 0 Å². The molecule has 6 rings (SSSR count). The average molecular weight is 564 g/mol. The monoisotopic (exact) mass is 563 g/mol. The van der Waals surface area contributed by atoms with Gasteiger partial charge in [0.05, 0.1) is 22.1 Å². The van der Waals surface area contributed by atoms with Crippen molar-refractivity contribution in [3.05, 3.63) is 92.6 Å². The van der Waals surface area contributed by atoms with Crippen LogP contribution >= 0.6 is 0 Å². The van der Waals surface area contributed by atoms with Gasteiger partial charge in [-0.25, -0.2) is 0 Å². The van der Waals surface area contributed by atoms with Crippen LogP contribution in [0.25, 0.3) is 43.6 Å². The van der Waals surface area contributed by atoms with E-state index in [2.05, 4.69) is 103 Å². The molecule has 0 aliphatic carbocycles. The van der Waals surface area contributed by atoms with Gasteiger partial charge in [0, 0.05) is 45.3 Å². The molecule has 0 N–H and O–H groups in total. The van der Waals surface area contributed by atoms with Gasteiger partial charge in [-0.05, 0) is 114 Å². The van der Waals surface area contributed by atoms with Crippen LogP contribution in [0, 0.1) is 69.2 Å². The Morgan fingerprint density at radius 3 is 1.03 bits per heavy atom. The van der Waals surface area contributed by atoms with Crippen LogP contribution in [0.2, 0.25) is 0 Å². The molecule has 0 saturated carbocycles. The first-order valence-corrected chi connectivity index (χ1v) is 13.3. The van der Waals surface area contributed by atoms with E-state index in [0.717, 1.165) is 33.5 Å². The van der Waals surface area contributed by atoms with Gasteiger partial charge in [-0.1, -0.05) is 24.3 Å². The summed E-state index contributed by atoms with van der Waals surface area (Å²) in [7, 11) is 0. The van der Waals surface area contributed by atoms with Crippen molar-refractivity contribution in [2.45, 2.75) is 69.2 Å². The molecule has 4 nitrogen and oxygen atoms in total. The van der Waals surface area contributed by atoms with Gasteiger partial charge in [-0.3, -0.25) is 19.9 Å². The molecule has 0 saturated heterocycles. The summed E-state index contributed by atoms with van der Waals surface area (Å²) in [5, 5.41) is 4.85. The second kappa shape index (κ2) is 10.6. The molecule has 0 fully saturated rings. The van der Waals surface area contributed by atoms with E-state index in [-0.39, 0.29) is 17.1 Å². The zero-order valence-corrected chi connectivity index (χ0v) is 25.5. The van der Waals surface area contributed by atoms with Gasteiger partial charge in [0.15, 0.2) is 0 Å². The fourth-order valence-electron chi connectivity index (χ4n) is 5.25. The Morgan fingerprint density at radius 1 is 0.385 bits per heavy atom. The molecule has 39 heavy (non-hydrogen) atoms. The van der Waals surface area contributed by atoms with Gasteiger partial charge < -0.3 is 0 Å². The molecular weight excluding hydrogens is 528 g/mol. The topological polar surface area (TPSA) is 51.6 Å². The summed E-state index contributed by atoms with van der Waals surface area (Å²) in [4.78, 5) is 18.8. The smallest absolute Gasteiger partial charge is 0.254 e. The first-order chi connectivity index (χ1) is 18.0. The van der Waals surface area contributed by atoms with E-state index >= 15 is 0 Å². The summed E-state index contributed by atoms with van der Waals surface area (Å²) in [6.45, 7) is 21.3. The van der Waals surface area contributed by atoms with Gasteiger partial charge in [0.1, 0.15) is 0 Å². The van der Waals surface area contributed by atoms with Crippen molar-refractivity contribution in [1.29, 1.82) is 0 Å². The molecule has 5 heteroatoms. The first-order valence-electron chi connectivity index (χ1n) is 13.3. The van der Waals surface area contributed by atoms with Crippen molar-refractivity contribution in [2.24, 2.45) is 0 Å². The van der Waals surface area contributed by atoms with E-state index in [0.29, 0.717) is 0 Å². The van der Waals surface area contributed by atoms with Crippen LogP contribution in [-0.2, 0) is 17.1 Å². The number of benzene rings is 2. The minimum Gasteiger partial charge on any atom is -0.254 e. The first kappa shape index (κ1) is 28.6. The number of pyridine rings is 4. The predicted molar refractivity (Wildman–Crippen MR) is 161 cm³/mol. The van der Waals surface area contributed by atoms with E-state index in [1.165, 1.54) is 66.1 Å². The molecule has 0 spiro atoms. The van der Waals surface area contributed by atoms with Crippen LogP contribution in [0.1, 0.15) is 55.9 Å². The summed E-state index contributed by atoms with van der Waals surface area (Å²) < 4.78 is 0. The number of aryl methyl sites for hydroxylation is 8. The molecule has 6 aromatic rings. The molecule has 202 valence electrons. The fraction of sp³-hybridized carbons (Fsp3) is 0.294. The molecule has 4 heterocycles. The maximum absolute atomic E-state index is 4.77. The SMILES string of the molecule is Cc1cnc2c(ccc3c(C)c(C)c(C)nc32)c1C.Cc1cnc2c(ccc3c(C)c(C)c(C)nc32)c1C.[Cu+]. The van der Waals surface area contributed by atoms with Crippen LogP contribution in [0.4, 0.5) is 0 Å². The van der Waals surface area contributed by atoms with Gasteiger partial charge in [-0.15, -0.1) is 0 Å². The molecule has 0 unspecified atom stereocenters. The third-order valence-corrected chi connectivity index (χ3v) is 8.65. The molecule has 0 radical (unpaired) electrons. The van der Waals surface area contributed by atoms with Crippen molar-refractivity contribution in [1.82, 2.24) is 19.9 Å². The summed E-state index contributed by atoms with van der Waals surface area (Å²) in [6.07, 6.45) is 3.90. The molecule has 0 amide bonds. The average Bonchev–Trinajstić information content (AvgIpc) is 2.90. The molecule has 0 aliphatic heterocycles. The normalized spacial score (nSPS) is 11.1. The zero-order chi connectivity index (χ0) is 27.5. The standard InChI is InChI=1S/2C17H18N2.Cu/c2*1-9-8-18-16-14(10(9)2)6-7-15-12(4)11(3)13(5)19-17(15)16;/h2*6-8H,1-5H3;/q;;+1. The van der Waals surface area contributed by atoms with Crippen LogP contribution < -0.4 is 0 Å². The fourth-order valence-corrected chi connectivity index (χ4v) is 5.25. The predicted octanol–water partition coefficient (Wildman–Crippen LogP) is 8.65. The molecule has 0 atom stereocenters. The Labute approximate surface area is 241 Å². The second-order valence-electron chi connectivity index (χ2n) is 10.7. The van der Waals surface area contributed by atoms with Gasteiger partial charge >= 0.3 is 17.1 Å². The van der Waals surface area contributed by atoms with E-state index in [4.69, 9.17) is 9.97 Å². The Hall–Kier alpha value is -3.40. The number of aromatic nitrogens is 4. The van der Waals surface area contributed by atoms with Crippen LogP contribution in [0.3, 0.4) is 0 Å². The van der Waals surface area contributed by atoms with Crippen LogP contribution in [0.5, 0.6) is 0 Å². The van der Waals surface area contributed by atoms with Crippen molar-refractivity contribution in [3.8, 4) is 0 Å². The molecule has 2 aromatic carbocycles. The molecular formula is C34H36CuN4+. The molecule has 0 aliphatic rings.